The summed E-state index contributed by atoms with van der Waals surface area (Å²) in [5.74, 6) is -0.0116. The van der Waals surface area contributed by atoms with Crippen LogP contribution in [0.25, 0.3) is 34.1 Å². The number of carbonyl (C=O) groups is 1. The van der Waals surface area contributed by atoms with Crippen molar-refractivity contribution in [2.45, 2.75) is 13.1 Å². The Morgan fingerprint density at radius 3 is 2.26 bits per heavy atom. The molecule has 0 saturated heterocycles. The third-order valence-electron chi connectivity index (χ3n) is 6.23. The number of nitrogens with zero attached hydrogens (tertiary/aromatic N) is 4. The number of aromatic nitrogens is 3. The first-order valence-electron chi connectivity index (χ1n) is 11.3. The van der Waals surface area contributed by atoms with Crippen LogP contribution in [-0.4, -0.2) is 25.2 Å². The number of pyridine rings is 2. The SMILES string of the molecule is O=C(/C=C/c1c(-c2cccnc2)nc2ccc(-c3ccccc3)cn12)N1Cc2ccccc2C1. The average molecular weight is 443 g/mol. The van der Waals surface area contributed by atoms with Crippen molar-refractivity contribution in [3.05, 3.63) is 120 Å². The smallest absolute Gasteiger partial charge is 0.247 e. The summed E-state index contributed by atoms with van der Waals surface area (Å²) in [5.41, 5.74) is 8.01. The van der Waals surface area contributed by atoms with E-state index in [0.717, 1.165) is 33.7 Å². The van der Waals surface area contributed by atoms with Gasteiger partial charge >= 0.3 is 0 Å². The lowest BCUT2D eigenvalue weighted by molar-refractivity contribution is -0.126. The maximum absolute atomic E-state index is 13.1. The van der Waals surface area contributed by atoms with Crippen LogP contribution in [0.5, 0.6) is 0 Å². The Hall–Kier alpha value is -4.51. The largest absolute Gasteiger partial charge is 0.330 e. The number of fused-ring (bicyclic) bond motifs is 2. The Balaban J connectivity index is 1.41. The molecule has 5 nitrogen and oxygen atoms in total. The Morgan fingerprint density at radius 2 is 1.53 bits per heavy atom. The zero-order valence-corrected chi connectivity index (χ0v) is 18.5. The first-order valence-corrected chi connectivity index (χ1v) is 11.3. The highest BCUT2D eigenvalue weighted by atomic mass is 16.2. The average Bonchev–Trinajstić information content (AvgIpc) is 3.50. The van der Waals surface area contributed by atoms with Crippen LogP contribution in [0.15, 0.2) is 104 Å². The summed E-state index contributed by atoms with van der Waals surface area (Å²) in [5, 5.41) is 0. The van der Waals surface area contributed by atoms with Crippen LogP contribution in [-0.2, 0) is 17.9 Å². The monoisotopic (exact) mass is 442 g/mol. The fourth-order valence-electron chi connectivity index (χ4n) is 4.48. The molecule has 1 amide bonds. The number of rotatable bonds is 4. The predicted molar refractivity (Wildman–Crippen MR) is 134 cm³/mol. The van der Waals surface area contributed by atoms with Gasteiger partial charge in [0.15, 0.2) is 0 Å². The first-order chi connectivity index (χ1) is 16.8. The molecule has 0 bridgehead atoms. The predicted octanol–water partition coefficient (Wildman–Crippen LogP) is 5.62. The summed E-state index contributed by atoms with van der Waals surface area (Å²) in [4.78, 5) is 24.1. The third kappa shape index (κ3) is 3.67. The van der Waals surface area contributed by atoms with Gasteiger partial charge in [-0.2, -0.15) is 0 Å². The molecule has 164 valence electrons. The maximum Gasteiger partial charge on any atom is 0.247 e. The summed E-state index contributed by atoms with van der Waals surface area (Å²) in [6.45, 7) is 1.28. The first kappa shape index (κ1) is 20.1. The molecule has 0 saturated carbocycles. The lowest BCUT2D eigenvalue weighted by Gasteiger charge is -2.12. The van der Waals surface area contributed by atoms with Gasteiger partial charge in [-0.3, -0.25) is 14.2 Å². The van der Waals surface area contributed by atoms with Gasteiger partial charge in [0.2, 0.25) is 5.91 Å². The van der Waals surface area contributed by atoms with Crippen molar-refractivity contribution in [2.75, 3.05) is 0 Å². The fraction of sp³-hybridized carbons (Fsp3) is 0.0690. The van der Waals surface area contributed by atoms with Crippen LogP contribution in [0.3, 0.4) is 0 Å². The van der Waals surface area contributed by atoms with Gasteiger partial charge in [0.1, 0.15) is 5.65 Å². The summed E-state index contributed by atoms with van der Waals surface area (Å²) in [7, 11) is 0. The quantitative estimate of drug-likeness (QED) is 0.340. The van der Waals surface area contributed by atoms with Gasteiger partial charge in [-0.15, -0.1) is 0 Å². The van der Waals surface area contributed by atoms with E-state index in [4.69, 9.17) is 4.98 Å². The number of hydrogen-bond acceptors (Lipinski definition) is 3. The molecule has 0 N–H and O–H groups in total. The van der Waals surface area contributed by atoms with Gasteiger partial charge in [-0.1, -0.05) is 54.6 Å². The number of imidazole rings is 1. The van der Waals surface area contributed by atoms with E-state index in [2.05, 4.69) is 41.5 Å². The molecule has 0 radical (unpaired) electrons. The lowest BCUT2D eigenvalue weighted by Crippen LogP contribution is -2.22. The van der Waals surface area contributed by atoms with Crippen molar-refractivity contribution in [1.29, 1.82) is 0 Å². The van der Waals surface area contributed by atoms with Gasteiger partial charge in [-0.05, 0) is 52.6 Å². The van der Waals surface area contributed by atoms with E-state index in [1.54, 1.807) is 18.5 Å². The van der Waals surface area contributed by atoms with Crippen LogP contribution >= 0.6 is 0 Å². The van der Waals surface area contributed by atoms with E-state index in [-0.39, 0.29) is 5.91 Å². The molecule has 5 aromatic rings. The van der Waals surface area contributed by atoms with Crippen molar-refractivity contribution < 1.29 is 4.79 Å². The number of hydrogen-bond donors (Lipinski definition) is 0. The maximum atomic E-state index is 13.1. The molecule has 1 aliphatic rings. The second kappa shape index (κ2) is 8.45. The highest BCUT2D eigenvalue weighted by Crippen LogP contribution is 2.28. The molecule has 0 unspecified atom stereocenters. The van der Waals surface area contributed by atoms with Gasteiger partial charge < -0.3 is 4.90 Å². The van der Waals surface area contributed by atoms with Gasteiger partial charge in [0.05, 0.1) is 11.4 Å². The Kier molecular flexibility index (Phi) is 5.00. The molecule has 4 heterocycles. The third-order valence-corrected chi connectivity index (χ3v) is 6.23. The Bertz CT molecular complexity index is 1500. The molecule has 6 rings (SSSR count). The second-order valence-corrected chi connectivity index (χ2v) is 8.40. The minimum Gasteiger partial charge on any atom is -0.330 e. The minimum atomic E-state index is -0.0116. The fourth-order valence-corrected chi connectivity index (χ4v) is 4.48. The van der Waals surface area contributed by atoms with Crippen LogP contribution in [0, 0.1) is 0 Å². The van der Waals surface area contributed by atoms with Gasteiger partial charge in [-0.25, -0.2) is 4.98 Å². The molecular weight excluding hydrogens is 420 g/mol. The summed E-state index contributed by atoms with van der Waals surface area (Å²) < 4.78 is 2.05. The van der Waals surface area contributed by atoms with Crippen molar-refractivity contribution in [3.8, 4) is 22.4 Å². The molecule has 1 aliphatic heterocycles. The van der Waals surface area contributed by atoms with E-state index in [1.165, 1.54) is 11.1 Å². The number of amides is 1. The molecule has 0 spiro atoms. The van der Waals surface area contributed by atoms with Crippen LogP contribution < -0.4 is 0 Å². The van der Waals surface area contributed by atoms with Crippen molar-refractivity contribution in [2.24, 2.45) is 0 Å². The normalized spacial score (nSPS) is 13.0. The van der Waals surface area contributed by atoms with E-state index in [1.807, 2.05) is 63.9 Å². The topological polar surface area (TPSA) is 50.5 Å². The zero-order chi connectivity index (χ0) is 22.9. The molecule has 0 fully saturated rings. The second-order valence-electron chi connectivity index (χ2n) is 8.40. The van der Waals surface area contributed by atoms with Gasteiger partial charge in [0.25, 0.3) is 0 Å². The standard InChI is InChI=1S/C29H22N4O/c34-28(32-18-23-9-4-5-10-24(23)19-32)15-13-26-29(22-11-6-16-30-17-22)31-27-14-12-25(20-33(26)27)21-7-2-1-3-8-21/h1-17,20H,18-19H2/b15-13+. The minimum absolute atomic E-state index is 0.0116. The molecule has 2 aromatic carbocycles. The van der Waals surface area contributed by atoms with E-state index < -0.39 is 0 Å². The Morgan fingerprint density at radius 1 is 0.794 bits per heavy atom. The molecule has 5 heteroatoms. The van der Waals surface area contributed by atoms with Crippen LogP contribution in [0.1, 0.15) is 16.8 Å². The number of benzene rings is 2. The highest BCUT2D eigenvalue weighted by molar-refractivity contribution is 5.93. The molecule has 34 heavy (non-hydrogen) atoms. The number of carbonyl (C=O) groups excluding carboxylic acids is 1. The molecule has 3 aromatic heterocycles. The summed E-state index contributed by atoms with van der Waals surface area (Å²) >= 11 is 0. The van der Waals surface area contributed by atoms with Crippen molar-refractivity contribution in [1.82, 2.24) is 19.3 Å². The van der Waals surface area contributed by atoms with Crippen molar-refractivity contribution >= 4 is 17.6 Å². The van der Waals surface area contributed by atoms with Crippen LogP contribution in [0.2, 0.25) is 0 Å². The summed E-state index contributed by atoms with van der Waals surface area (Å²) in [6, 6.07) is 26.4. The highest BCUT2D eigenvalue weighted by Gasteiger charge is 2.21. The van der Waals surface area contributed by atoms with E-state index in [9.17, 15) is 4.79 Å². The van der Waals surface area contributed by atoms with E-state index >= 15 is 0 Å². The van der Waals surface area contributed by atoms with Crippen LogP contribution in [0.4, 0.5) is 0 Å². The van der Waals surface area contributed by atoms with Gasteiger partial charge in [0, 0.05) is 43.3 Å². The van der Waals surface area contributed by atoms with E-state index in [0.29, 0.717) is 13.1 Å². The molecular formula is C29H22N4O. The molecule has 0 atom stereocenters. The molecule has 0 aliphatic carbocycles. The Labute approximate surface area is 197 Å². The summed E-state index contributed by atoms with van der Waals surface area (Å²) in [6.07, 6.45) is 9.16. The van der Waals surface area contributed by atoms with Crippen molar-refractivity contribution in [3.63, 3.8) is 0 Å². The zero-order valence-electron chi connectivity index (χ0n) is 18.5. The lowest BCUT2D eigenvalue weighted by atomic mass is 10.1.